The zero-order valence-corrected chi connectivity index (χ0v) is 15.6. The number of rotatable bonds is 5. The number of oxazole rings is 1. The topological polar surface area (TPSA) is 52.3 Å². The molecule has 1 aliphatic rings. The van der Waals surface area contributed by atoms with E-state index in [1.807, 2.05) is 78.1 Å². The summed E-state index contributed by atoms with van der Waals surface area (Å²) in [5.74, 6) is 3.03. The molecule has 1 saturated heterocycles. The van der Waals surface area contributed by atoms with E-state index in [-0.39, 0.29) is 12.6 Å². The van der Waals surface area contributed by atoms with Gasteiger partial charge in [0, 0.05) is 17.1 Å². The molecule has 2 aromatic carbocycles. The largest absolute Gasteiger partial charge is 0.452 e. The third kappa shape index (κ3) is 3.97. The Morgan fingerprint density at radius 2 is 1.81 bits per heavy atom. The van der Waals surface area contributed by atoms with Crippen molar-refractivity contribution in [1.82, 2.24) is 4.98 Å². The second-order valence-corrected chi connectivity index (χ2v) is 8.48. The van der Waals surface area contributed by atoms with Crippen molar-refractivity contribution in [1.29, 1.82) is 0 Å². The van der Waals surface area contributed by atoms with Gasteiger partial charge < -0.3 is 9.15 Å². The first-order valence-corrected chi connectivity index (χ1v) is 10.4. The van der Waals surface area contributed by atoms with Gasteiger partial charge >= 0.3 is 5.97 Å². The van der Waals surface area contributed by atoms with Crippen molar-refractivity contribution >= 4 is 29.5 Å². The molecule has 0 radical (unpaired) electrons. The van der Waals surface area contributed by atoms with Gasteiger partial charge in [-0.05, 0) is 17.7 Å². The number of aromatic nitrogens is 1. The quantitative estimate of drug-likeness (QED) is 0.566. The number of hydrogen-bond acceptors (Lipinski definition) is 6. The molecule has 2 heterocycles. The minimum atomic E-state index is -0.372. The summed E-state index contributed by atoms with van der Waals surface area (Å²) in [6.07, 6.45) is 1.64. The maximum absolute atomic E-state index is 12.2. The van der Waals surface area contributed by atoms with E-state index < -0.39 is 0 Å². The maximum atomic E-state index is 12.2. The van der Waals surface area contributed by atoms with Crippen molar-refractivity contribution in [2.75, 3.05) is 11.5 Å². The van der Waals surface area contributed by atoms with E-state index >= 15 is 0 Å². The number of ether oxygens (including phenoxy) is 1. The van der Waals surface area contributed by atoms with E-state index in [0.29, 0.717) is 21.8 Å². The molecule has 1 aliphatic heterocycles. The first-order valence-electron chi connectivity index (χ1n) is 8.30. The fraction of sp³-hybridized carbons (Fsp3) is 0.200. The molecule has 0 saturated carbocycles. The van der Waals surface area contributed by atoms with Crippen LogP contribution in [0, 0.1) is 0 Å². The molecule has 0 bridgehead atoms. The minimum Gasteiger partial charge on any atom is -0.452 e. The summed E-state index contributed by atoms with van der Waals surface area (Å²) in [5, 5.41) is 0. The van der Waals surface area contributed by atoms with Crippen LogP contribution in [0.4, 0.5) is 0 Å². The van der Waals surface area contributed by atoms with Crippen molar-refractivity contribution in [3.05, 3.63) is 77.8 Å². The van der Waals surface area contributed by atoms with Crippen LogP contribution in [0.3, 0.4) is 0 Å². The van der Waals surface area contributed by atoms with Crippen LogP contribution in [-0.2, 0) is 11.3 Å². The molecule has 0 unspecified atom stereocenters. The number of esters is 1. The summed E-state index contributed by atoms with van der Waals surface area (Å²) in [5.41, 5.74) is 2.72. The van der Waals surface area contributed by atoms with Gasteiger partial charge in [0.25, 0.3) is 0 Å². The molecule has 1 fully saturated rings. The Labute approximate surface area is 160 Å². The van der Waals surface area contributed by atoms with Crippen LogP contribution in [0.2, 0.25) is 0 Å². The summed E-state index contributed by atoms with van der Waals surface area (Å²) in [7, 11) is 0. The van der Waals surface area contributed by atoms with Crippen LogP contribution in [0.5, 0.6) is 0 Å². The van der Waals surface area contributed by atoms with E-state index in [9.17, 15) is 4.79 Å². The average Bonchev–Trinajstić information content (AvgIpc) is 3.39. The fourth-order valence-corrected chi connectivity index (χ4v) is 5.51. The van der Waals surface area contributed by atoms with Crippen LogP contribution >= 0.6 is 23.5 Å². The summed E-state index contributed by atoms with van der Waals surface area (Å²) in [6, 6.07) is 17.4. The smallest absolute Gasteiger partial charge is 0.338 e. The summed E-state index contributed by atoms with van der Waals surface area (Å²) < 4.78 is 11.4. The fourth-order valence-electron chi connectivity index (χ4n) is 2.65. The zero-order chi connectivity index (χ0) is 17.8. The van der Waals surface area contributed by atoms with E-state index in [2.05, 4.69) is 4.98 Å². The van der Waals surface area contributed by atoms with Gasteiger partial charge in [-0.25, -0.2) is 9.78 Å². The van der Waals surface area contributed by atoms with Crippen molar-refractivity contribution in [2.45, 2.75) is 11.2 Å². The van der Waals surface area contributed by atoms with Crippen LogP contribution < -0.4 is 0 Å². The SMILES string of the molecule is O=C(OCc1ncc(-c2ccccc2)o1)c1ccc(C2SCCS2)cc1. The predicted molar refractivity (Wildman–Crippen MR) is 105 cm³/mol. The molecule has 3 aromatic rings. The second kappa shape index (κ2) is 8.01. The lowest BCUT2D eigenvalue weighted by atomic mass is 10.1. The number of carbonyl (C=O) groups excluding carboxylic acids is 1. The van der Waals surface area contributed by atoms with E-state index in [1.165, 1.54) is 17.1 Å². The lowest BCUT2D eigenvalue weighted by Gasteiger charge is -2.09. The first kappa shape index (κ1) is 17.2. The van der Waals surface area contributed by atoms with Gasteiger partial charge in [0.15, 0.2) is 12.4 Å². The Morgan fingerprint density at radius 3 is 2.54 bits per heavy atom. The van der Waals surface area contributed by atoms with Crippen molar-refractivity contribution < 1.29 is 13.9 Å². The highest BCUT2D eigenvalue weighted by molar-refractivity contribution is 8.19. The second-order valence-electron chi connectivity index (χ2n) is 5.76. The van der Waals surface area contributed by atoms with Gasteiger partial charge in [0.05, 0.1) is 16.3 Å². The number of carbonyl (C=O) groups is 1. The molecule has 0 spiro atoms. The maximum Gasteiger partial charge on any atom is 0.338 e. The molecule has 4 rings (SSSR count). The standard InChI is InChI=1S/C20H17NO3S2/c22-19(15-6-8-16(9-7-15)20-25-10-11-26-20)23-13-18-21-12-17(24-18)14-4-2-1-3-5-14/h1-9,12,20H,10-11,13H2. The number of nitrogens with zero attached hydrogens (tertiary/aromatic N) is 1. The molecule has 1 aromatic heterocycles. The summed E-state index contributed by atoms with van der Waals surface area (Å²) >= 11 is 3.89. The van der Waals surface area contributed by atoms with Crippen molar-refractivity contribution in [3.8, 4) is 11.3 Å². The van der Waals surface area contributed by atoms with Gasteiger partial charge in [0.2, 0.25) is 5.89 Å². The number of benzene rings is 2. The zero-order valence-electron chi connectivity index (χ0n) is 14.0. The van der Waals surface area contributed by atoms with Crippen molar-refractivity contribution in [2.24, 2.45) is 0 Å². The van der Waals surface area contributed by atoms with E-state index in [4.69, 9.17) is 9.15 Å². The molecule has 4 nitrogen and oxygen atoms in total. The summed E-state index contributed by atoms with van der Waals surface area (Å²) in [4.78, 5) is 16.4. The van der Waals surface area contributed by atoms with Crippen LogP contribution in [0.15, 0.2) is 65.2 Å². The van der Waals surface area contributed by atoms with Crippen LogP contribution in [0.25, 0.3) is 11.3 Å². The highest BCUT2D eigenvalue weighted by Crippen LogP contribution is 2.45. The first-order chi connectivity index (χ1) is 12.8. The highest BCUT2D eigenvalue weighted by Gasteiger charge is 2.19. The number of hydrogen-bond donors (Lipinski definition) is 0. The lowest BCUT2D eigenvalue weighted by molar-refractivity contribution is 0.0439. The molecular formula is C20H17NO3S2. The Bertz CT molecular complexity index is 872. The molecule has 0 aliphatic carbocycles. The Morgan fingerprint density at radius 1 is 1.08 bits per heavy atom. The molecule has 132 valence electrons. The predicted octanol–water partition coefficient (Wildman–Crippen LogP) is 5.18. The Kier molecular flexibility index (Phi) is 5.32. The van der Waals surface area contributed by atoms with E-state index in [1.54, 1.807) is 6.20 Å². The van der Waals surface area contributed by atoms with Crippen molar-refractivity contribution in [3.63, 3.8) is 0 Å². The Balaban J connectivity index is 1.36. The molecule has 6 heteroatoms. The average molecular weight is 383 g/mol. The van der Waals surface area contributed by atoms with Gasteiger partial charge in [0.1, 0.15) is 0 Å². The van der Waals surface area contributed by atoms with Gasteiger partial charge in [-0.1, -0.05) is 42.5 Å². The molecule has 26 heavy (non-hydrogen) atoms. The minimum absolute atomic E-state index is 0.0156. The summed E-state index contributed by atoms with van der Waals surface area (Å²) in [6.45, 7) is 0.0156. The molecular weight excluding hydrogens is 366 g/mol. The monoisotopic (exact) mass is 383 g/mol. The van der Waals surface area contributed by atoms with Crippen LogP contribution in [-0.4, -0.2) is 22.5 Å². The van der Waals surface area contributed by atoms with Gasteiger partial charge in [-0.15, -0.1) is 23.5 Å². The lowest BCUT2D eigenvalue weighted by Crippen LogP contribution is -2.05. The molecule has 0 N–H and O–H groups in total. The highest BCUT2D eigenvalue weighted by atomic mass is 32.2. The molecule has 0 amide bonds. The molecule has 0 atom stereocenters. The van der Waals surface area contributed by atoms with E-state index in [0.717, 1.165) is 5.56 Å². The third-order valence-corrected chi connectivity index (χ3v) is 7.08. The van der Waals surface area contributed by atoms with Crippen LogP contribution in [0.1, 0.15) is 26.4 Å². The normalized spacial score (nSPS) is 14.5. The van der Waals surface area contributed by atoms with Gasteiger partial charge in [-0.2, -0.15) is 0 Å². The third-order valence-electron chi connectivity index (χ3n) is 3.98. The van der Waals surface area contributed by atoms with Gasteiger partial charge in [-0.3, -0.25) is 0 Å². The Hall–Kier alpha value is -2.18. The number of thioether (sulfide) groups is 2.